The Morgan fingerprint density at radius 1 is 1.11 bits per heavy atom. The van der Waals surface area contributed by atoms with Gasteiger partial charge in [-0.15, -0.1) is 10.2 Å². The molecule has 1 aromatic carbocycles. The quantitative estimate of drug-likeness (QED) is 0.409. The van der Waals surface area contributed by atoms with E-state index in [2.05, 4.69) is 30.6 Å². The molecule has 35 heavy (non-hydrogen) atoms. The molecule has 1 unspecified atom stereocenters. The minimum atomic E-state index is -0.393. The van der Waals surface area contributed by atoms with Gasteiger partial charge in [0.25, 0.3) is 0 Å². The zero-order chi connectivity index (χ0) is 23.9. The summed E-state index contributed by atoms with van der Waals surface area (Å²) in [5.41, 5.74) is 2.65. The van der Waals surface area contributed by atoms with Crippen molar-refractivity contribution < 1.29 is 13.9 Å². The van der Waals surface area contributed by atoms with Crippen molar-refractivity contribution in [2.24, 2.45) is 7.05 Å². The fraction of sp³-hybridized carbons (Fsp3) is 0.208. The van der Waals surface area contributed by atoms with E-state index in [-0.39, 0.29) is 5.82 Å². The van der Waals surface area contributed by atoms with Crippen LogP contribution in [0, 0.1) is 12.7 Å². The van der Waals surface area contributed by atoms with E-state index >= 15 is 0 Å². The molecule has 11 heteroatoms. The summed E-state index contributed by atoms with van der Waals surface area (Å²) in [4.78, 5) is 8.95. The second kappa shape index (κ2) is 8.35. The van der Waals surface area contributed by atoms with Gasteiger partial charge in [-0.05, 0) is 42.8 Å². The predicted molar refractivity (Wildman–Crippen MR) is 125 cm³/mol. The monoisotopic (exact) mass is 472 g/mol. The Morgan fingerprint density at radius 2 is 2.03 bits per heavy atom. The molecule has 0 amide bonds. The van der Waals surface area contributed by atoms with Crippen LogP contribution in [0.2, 0.25) is 0 Å². The standard InChI is InChI=1S/C24H21FN8O2/c1-14-11-16(3-4-17(14)25)35-19-7-10-34-22-13-15(12-21-30-31-23(19)33(21)22)18-5-8-26-24(28-18)29-20-6-9-27-32(20)2/h3-6,8-9,11-13,19H,7,10H2,1-2H3,(H,26,28,29). The first kappa shape index (κ1) is 21.0. The van der Waals surface area contributed by atoms with Crippen LogP contribution in [0.4, 0.5) is 16.2 Å². The van der Waals surface area contributed by atoms with Crippen molar-refractivity contribution in [3.8, 4) is 22.9 Å². The highest BCUT2D eigenvalue weighted by molar-refractivity contribution is 5.67. The molecular formula is C24H21FN8O2. The van der Waals surface area contributed by atoms with E-state index < -0.39 is 6.10 Å². The van der Waals surface area contributed by atoms with E-state index in [4.69, 9.17) is 9.47 Å². The molecule has 0 aliphatic carbocycles. The Bertz CT molecular complexity index is 1550. The molecule has 0 radical (unpaired) electrons. The van der Waals surface area contributed by atoms with E-state index in [1.54, 1.807) is 36.1 Å². The minimum absolute atomic E-state index is 0.271. The lowest BCUT2D eigenvalue weighted by molar-refractivity contribution is 0.165. The molecule has 1 N–H and O–H groups in total. The van der Waals surface area contributed by atoms with Crippen molar-refractivity contribution in [1.82, 2.24) is 34.3 Å². The van der Waals surface area contributed by atoms with Crippen molar-refractivity contribution in [2.75, 3.05) is 11.9 Å². The van der Waals surface area contributed by atoms with Crippen LogP contribution in [0.5, 0.6) is 11.6 Å². The van der Waals surface area contributed by atoms with Crippen molar-refractivity contribution in [3.63, 3.8) is 0 Å². The van der Waals surface area contributed by atoms with E-state index in [0.717, 1.165) is 11.4 Å². The number of aromatic nitrogens is 7. The Kier molecular flexibility index (Phi) is 5.02. The number of hydrogen-bond acceptors (Lipinski definition) is 8. The maximum Gasteiger partial charge on any atom is 0.228 e. The number of nitrogens with one attached hydrogen (secondary N) is 1. The van der Waals surface area contributed by atoms with Crippen LogP contribution < -0.4 is 14.8 Å². The first-order valence-electron chi connectivity index (χ1n) is 11.1. The first-order chi connectivity index (χ1) is 17.0. The highest BCUT2D eigenvalue weighted by Gasteiger charge is 2.26. The normalized spacial score (nSPS) is 15.0. The fourth-order valence-corrected chi connectivity index (χ4v) is 4.03. The maximum atomic E-state index is 13.7. The van der Waals surface area contributed by atoms with Crippen LogP contribution in [0.3, 0.4) is 0 Å². The highest BCUT2D eigenvalue weighted by atomic mass is 19.1. The average Bonchev–Trinajstić information content (AvgIpc) is 3.42. The van der Waals surface area contributed by atoms with Gasteiger partial charge in [-0.3, -0.25) is 4.68 Å². The lowest BCUT2D eigenvalue weighted by Gasteiger charge is -2.15. The first-order valence-corrected chi connectivity index (χ1v) is 11.1. The lowest BCUT2D eigenvalue weighted by Crippen LogP contribution is -2.12. The minimum Gasteiger partial charge on any atom is -0.482 e. The summed E-state index contributed by atoms with van der Waals surface area (Å²) >= 11 is 0. The van der Waals surface area contributed by atoms with Crippen LogP contribution in [-0.2, 0) is 7.05 Å². The molecule has 10 nitrogen and oxygen atoms in total. The number of ether oxygens (including phenoxy) is 2. The molecule has 5 heterocycles. The second-order valence-electron chi connectivity index (χ2n) is 8.22. The topological polar surface area (TPSA) is 104 Å². The third-order valence-corrected chi connectivity index (χ3v) is 5.83. The van der Waals surface area contributed by atoms with E-state index in [1.165, 1.54) is 6.07 Å². The number of aryl methyl sites for hydroxylation is 2. The summed E-state index contributed by atoms with van der Waals surface area (Å²) in [6, 6.07) is 12.1. The molecule has 1 atom stereocenters. The van der Waals surface area contributed by atoms with Crippen molar-refractivity contribution >= 4 is 17.4 Å². The number of anilines is 2. The van der Waals surface area contributed by atoms with Gasteiger partial charge in [0.05, 0.1) is 18.5 Å². The molecule has 0 saturated carbocycles. The van der Waals surface area contributed by atoms with Crippen LogP contribution >= 0.6 is 0 Å². The van der Waals surface area contributed by atoms with E-state index in [1.807, 2.05) is 35.7 Å². The molecule has 0 fully saturated rings. The molecule has 4 aromatic heterocycles. The van der Waals surface area contributed by atoms with Gasteiger partial charge in [0.2, 0.25) is 11.8 Å². The molecule has 1 aliphatic rings. The predicted octanol–water partition coefficient (Wildman–Crippen LogP) is 4.01. The molecule has 6 rings (SSSR count). The van der Waals surface area contributed by atoms with Gasteiger partial charge < -0.3 is 14.8 Å². The average molecular weight is 472 g/mol. The number of benzene rings is 1. The van der Waals surface area contributed by atoms with Crippen molar-refractivity contribution in [3.05, 3.63) is 72.1 Å². The van der Waals surface area contributed by atoms with Gasteiger partial charge in [-0.25, -0.2) is 18.8 Å². The number of hydrogen-bond donors (Lipinski definition) is 1. The van der Waals surface area contributed by atoms with Gasteiger partial charge in [0, 0.05) is 37.4 Å². The summed E-state index contributed by atoms with van der Waals surface area (Å²) < 4.78 is 29.4. The molecular weight excluding hydrogens is 451 g/mol. The number of halogens is 1. The molecule has 0 saturated heterocycles. The molecule has 0 bridgehead atoms. The summed E-state index contributed by atoms with van der Waals surface area (Å²) in [5.74, 6) is 2.74. The second-order valence-corrected chi connectivity index (χ2v) is 8.22. The summed E-state index contributed by atoms with van der Waals surface area (Å²) in [7, 11) is 1.84. The summed E-state index contributed by atoms with van der Waals surface area (Å²) in [6.45, 7) is 2.12. The highest BCUT2D eigenvalue weighted by Crippen LogP contribution is 2.33. The van der Waals surface area contributed by atoms with E-state index in [0.29, 0.717) is 53.3 Å². The number of pyridine rings is 1. The lowest BCUT2D eigenvalue weighted by atomic mass is 10.2. The Hall–Kier alpha value is -4.54. The van der Waals surface area contributed by atoms with E-state index in [9.17, 15) is 4.39 Å². The van der Waals surface area contributed by atoms with Crippen LogP contribution in [0.1, 0.15) is 23.9 Å². The van der Waals surface area contributed by atoms with Gasteiger partial charge in [-0.2, -0.15) is 5.10 Å². The largest absolute Gasteiger partial charge is 0.482 e. The van der Waals surface area contributed by atoms with Crippen molar-refractivity contribution in [2.45, 2.75) is 19.4 Å². The Balaban J connectivity index is 1.34. The van der Waals surface area contributed by atoms with Gasteiger partial charge in [0.15, 0.2) is 17.6 Å². The maximum absolute atomic E-state index is 13.7. The molecule has 176 valence electrons. The summed E-state index contributed by atoms with van der Waals surface area (Å²) in [5, 5.41) is 16.1. The third kappa shape index (κ3) is 3.90. The third-order valence-electron chi connectivity index (χ3n) is 5.83. The Labute approximate surface area is 199 Å². The fourth-order valence-electron chi connectivity index (χ4n) is 4.03. The van der Waals surface area contributed by atoms with Crippen LogP contribution in [-0.4, -0.2) is 41.0 Å². The zero-order valence-electron chi connectivity index (χ0n) is 19.0. The smallest absolute Gasteiger partial charge is 0.228 e. The van der Waals surface area contributed by atoms with Gasteiger partial charge >= 0.3 is 0 Å². The van der Waals surface area contributed by atoms with Crippen LogP contribution in [0.25, 0.3) is 16.9 Å². The number of rotatable bonds is 5. The molecule has 5 aromatic rings. The van der Waals surface area contributed by atoms with Gasteiger partial charge in [0.1, 0.15) is 17.4 Å². The zero-order valence-corrected chi connectivity index (χ0v) is 19.0. The number of nitrogens with zero attached hydrogens (tertiary/aromatic N) is 7. The molecule has 0 spiro atoms. The molecule has 1 aliphatic heterocycles. The van der Waals surface area contributed by atoms with Gasteiger partial charge in [-0.1, -0.05) is 0 Å². The SMILES string of the molecule is Cc1cc(OC2CCOc3cc(-c4ccnc(Nc5ccnn5C)n4)cc4nnc2n34)ccc1F. The van der Waals surface area contributed by atoms with Crippen LogP contribution in [0.15, 0.2) is 54.9 Å². The van der Waals surface area contributed by atoms with Crippen molar-refractivity contribution in [1.29, 1.82) is 0 Å². The summed E-state index contributed by atoms with van der Waals surface area (Å²) in [6.07, 6.45) is 3.55. The Morgan fingerprint density at radius 3 is 2.86 bits per heavy atom.